The topological polar surface area (TPSA) is 125 Å². The SMILES string of the molecule is CC(C)(C)NC(=O)NCc1cccc2c1C(=O)N([C@H]1CCC(=O)NC1=O)C2=O.S. The maximum Gasteiger partial charge on any atom is 0.315 e. The van der Waals surface area contributed by atoms with E-state index in [1.54, 1.807) is 12.1 Å². The van der Waals surface area contributed by atoms with Crippen LogP contribution in [-0.2, 0) is 16.1 Å². The third kappa shape index (κ3) is 4.58. The Hall–Kier alpha value is -2.88. The maximum absolute atomic E-state index is 12.9. The molecule has 6 amide bonds. The second-order valence-electron chi connectivity index (χ2n) is 7.84. The first kappa shape index (κ1) is 22.4. The first-order valence-corrected chi connectivity index (χ1v) is 8.98. The Kier molecular flexibility index (Phi) is 6.37. The van der Waals surface area contributed by atoms with Crippen LogP contribution in [0.15, 0.2) is 18.2 Å². The molecule has 0 saturated carbocycles. The molecule has 1 atom stereocenters. The van der Waals surface area contributed by atoms with Crippen LogP contribution in [0, 0.1) is 0 Å². The van der Waals surface area contributed by atoms with Crippen molar-refractivity contribution in [3.05, 3.63) is 34.9 Å². The molecule has 0 aliphatic carbocycles. The first-order valence-electron chi connectivity index (χ1n) is 8.98. The quantitative estimate of drug-likeness (QED) is 0.624. The van der Waals surface area contributed by atoms with Crippen LogP contribution < -0.4 is 16.0 Å². The molecule has 9 nitrogen and oxygen atoms in total. The Morgan fingerprint density at radius 3 is 2.48 bits per heavy atom. The molecule has 1 saturated heterocycles. The monoisotopic (exact) mass is 420 g/mol. The van der Waals surface area contributed by atoms with E-state index >= 15 is 0 Å². The number of fused-ring (bicyclic) bond motifs is 1. The highest BCUT2D eigenvalue weighted by Gasteiger charge is 2.45. The lowest BCUT2D eigenvalue weighted by molar-refractivity contribution is -0.136. The van der Waals surface area contributed by atoms with E-state index < -0.39 is 41.2 Å². The molecule has 0 bridgehead atoms. The molecule has 2 aliphatic heterocycles. The van der Waals surface area contributed by atoms with E-state index in [4.69, 9.17) is 0 Å². The van der Waals surface area contributed by atoms with Gasteiger partial charge in [-0.2, -0.15) is 13.5 Å². The van der Waals surface area contributed by atoms with Gasteiger partial charge >= 0.3 is 6.03 Å². The van der Waals surface area contributed by atoms with Gasteiger partial charge in [0.15, 0.2) is 0 Å². The van der Waals surface area contributed by atoms with Crippen molar-refractivity contribution < 1.29 is 24.0 Å². The number of piperidine rings is 1. The molecule has 3 N–H and O–H groups in total. The van der Waals surface area contributed by atoms with Crippen molar-refractivity contribution in [1.29, 1.82) is 0 Å². The Bertz CT molecular complexity index is 893. The van der Waals surface area contributed by atoms with Gasteiger partial charge in [0.05, 0.1) is 11.1 Å². The maximum atomic E-state index is 12.9. The minimum absolute atomic E-state index is 0. The number of hydrogen-bond acceptors (Lipinski definition) is 5. The third-order valence-electron chi connectivity index (χ3n) is 4.48. The number of hydrogen-bond donors (Lipinski definition) is 3. The molecule has 2 aliphatic rings. The van der Waals surface area contributed by atoms with Gasteiger partial charge in [0, 0.05) is 18.5 Å². The van der Waals surface area contributed by atoms with Crippen molar-refractivity contribution in [2.75, 3.05) is 0 Å². The van der Waals surface area contributed by atoms with E-state index in [1.807, 2.05) is 20.8 Å². The number of nitrogens with zero attached hydrogens (tertiary/aromatic N) is 1. The van der Waals surface area contributed by atoms with E-state index in [9.17, 15) is 24.0 Å². The minimum atomic E-state index is -1.02. The second-order valence-corrected chi connectivity index (χ2v) is 7.84. The van der Waals surface area contributed by atoms with E-state index in [1.165, 1.54) is 6.07 Å². The highest BCUT2D eigenvalue weighted by atomic mass is 32.1. The molecule has 10 heteroatoms. The highest BCUT2D eigenvalue weighted by molar-refractivity contribution is 7.59. The van der Waals surface area contributed by atoms with Crippen molar-refractivity contribution >= 4 is 43.2 Å². The van der Waals surface area contributed by atoms with Crippen molar-refractivity contribution in [1.82, 2.24) is 20.9 Å². The zero-order valence-electron chi connectivity index (χ0n) is 16.4. The van der Waals surface area contributed by atoms with Gasteiger partial charge in [-0.15, -0.1) is 0 Å². The van der Waals surface area contributed by atoms with Gasteiger partial charge in [-0.1, -0.05) is 12.1 Å². The molecule has 1 aromatic carbocycles. The number of benzene rings is 1. The summed E-state index contributed by atoms with van der Waals surface area (Å²) in [6.45, 7) is 5.57. The number of amides is 6. The normalized spacial score (nSPS) is 18.7. The molecule has 1 aromatic rings. The standard InChI is InChI=1S/C19H22N4O5.H2S/c1-19(2,3)22-18(28)20-9-10-5-4-6-11-14(10)17(27)23(16(11)26)12-7-8-13(24)21-15(12)25;/h4-6,12H,7-9H2,1-3H3,(H2,20,22,28)(H,21,24,25);1H2/t12-;/m0./s1. The fraction of sp³-hybridized carbons (Fsp3) is 0.421. The fourth-order valence-corrected chi connectivity index (χ4v) is 3.29. The van der Waals surface area contributed by atoms with Crippen molar-refractivity contribution in [3.63, 3.8) is 0 Å². The molecule has 156 valence electrons. The van der Waals surface area contributed by atoms with Gasteiger partial charge in [-0.3, -0.25) is 29.4 Å². The lowest BCUT2D eigenvalue weighted by Crippen LogP contribution is -2.54. The average Bonchev–Trinajstić information content (AvgIpc) is 2.84. The van der Waals surface area contributed by atoms with Gasteiger partial charge in [0.1, 0.15) is 6.04 Å². The molecular formula is C19H24N4O5S. The first-order chi connectivity index (χ1) is 13.1. The van der Waals surface area contributed by atoms with Gasteiger partial charge in [-0.05, 0) is 38.8 Å². The number of urea groups is 1. The number of carbonyl (C=O) groups excluding carboxylic acids is 5. The van der Waals surface area contributed by atoms with Gasteiger partial charge in [-0.25, -0.2) is 4.79 Å². The summed E-state index contributed by atoms with van der Waals surface area (Å²) in [5.74, 6) is -2.25. The molecule has 2 heterocycles. The molecule has 0 spiro atoms. The van der Waals surface area contributed by atoms with Gasteiger partial charge < -0.3 is 10.6 Å². The summed E-state index contributed by atoms with van der Waals surface area (Å²) >= 11 is 0. The van der Waals surface area contributed by atoms with Crippen LogP contribution in [0.4, 0.5) is 4.79 Å². The molecule has 29 heavy (non-hydrogen) atoms. The van der Waals surface area contributed by atoms with Crippen LogP contribution in [0.25, 0.3) is 0 Å². The largest absolute Gasteiger partial charge is 0.334 e. The Morgan fingerprint density at radius 2 is 1.86 bits per heavy atom. The van der Waals surface area contributed by atoms with Gasteiger partial charge in [0.2, 0.25) is 11.8 Å². The highest BCUT2D eigenvalue weighted by Crippen LogP contribution is 2.29. The summed E-state index contributed by atoms with van der Waals surface area (Å²) in [6, 6.07) is 3.37. The van der Waals surface area contributed by atoms with Crippen molar-refractivity contribution in [3.8, 4) is 0 Å². The molecule has 1 fully saturated rings. The predicted octanol–water partition coefficient (Wildman–Crippen LogP) is 0.798. The number of rotatable bonds is 3. The van der Waals surface area contributed by atoms with Crippen molar-refractivity contribution in [2.24, 2.45) is 0 Å². The Balaban J connectivity index is 0.00000300. The molecule has 0 aromatic heterocycles. The van der Waals surface area contributed by atoms with Crippen LogP contribution >= 0.6 is 13.5 Å². The van der Waals surface area contributed by atoms with E-state index in [0.717, 1.165) is 4.90 Å². The van der Waals surface area contributed by atoms with Crippen molar-refractivity contribution in [2.45, 2.75) is 51.7 Å². The summed E-state index contributed by atoms with van der Waals surface area (Å²) < 4.78 is 0. The van der Waals surface area contributed by atoms with Crippen LogP contribution in [0.3, 0.4) is 0 Å². The van der Waals surface area contributed by atoms with E-state index in [-0.39, 0.29) is 44.0 Å². The van der Waals surface area contributed by atoms with E-state index in [2.05, 4.69) is 16.0 Å². The van der Waals surface area contributed by atoms with Crippen LogP contribution in [0.5, 0.6) is 0 Å². The average molecular weight is 420 g/mol. The van der Waals surface area contributed by atoms with Crippen LogP contribution in [0.1, 0.15) is 59.9 Å². The smallest absolute Gasteiger partial charge is 0.315 e. The summed E-state index contributed by atoms with van der Waals surface area (Å²) in [5, 5.41) is 7.59. The zero-order valence-corrected chi connectivity index (χ0v) is 17.4. The van der Waals surface area contributed by atoms with Crippen LogP contribution in [-0.4, -0.2) is 46.1 Å². The molecule has 3 rings (SSSR count). The number of imide groups is 2. The fourth-order valence-electron chi connectivity index (χ4n) is 3.29. The summed E-state index contributed by atoms with van der Waals surface area (Å²) in [7, 11) is 0. The lowest BCUT2D eigenvalue weighted by atomic mass is 10.0. The number of carbonyl (C=O) groups is 5. The molecular weight excluding hydrogens is 396 g/mol. The minimum Gasteiger partial charge on any atom is -0.334 e. The van der Waals surface area contributed by atoms with Crippen LogP contribution in [0.2, 0.25) is 0 Å². The third-order valence-corrected chi connectivity index (χ3v) is 4.48. The molecule has 0 unspecified atom stereocenters. The molecule has 0 radical (unpaired) electrons. The lowest BCUT2D eigenvalue weighted by Gasteiger charge is -2.27. The van der Waals surface area contributed by atoms with Gasteiger partial charge in [0.25, 0.3) is 11.8 Å². The Morgan fingerprint density at radius 1 is 1.17 bits per heavy atom. The summed E-state index contributed by atoms with van der Waals surface area (Å²) in [4.78, 5) is 62.1. The number of nitrogens with one attached hydrogen (secondary N) is 3. The predicted molar refractivity (Wildman–Crippen MR) is 109 cm³/mol. The second kappa shape index (κ2) is 8.24. The Labute approximate surface area is 175 Å². The van der Waals surface area contributed by atoms with E-state index in [0.29, 0.717) is 5.56 Å². The summed E-state index contributed by atoms with van der Waals surface area (Å²) in [6.07, 6.45) is 0.156. The summed E-state index contributed by atoms with van der Waals surface area (Å²) in [5.41, 5.74) is 0.421. The zero-order chi connectivity index (χ0) is 20.6.